The molecule has 0 aliphatic heterocycles. The van der Waals surface area contributed by atoms with E-state index in [1.807, 2.05) is 17.8 Å². The molecular formula is C10H18N2O. The Morgan fingerprint density at radius 1 is 1.46 bits per heavy atom. The van der Waals surface area contributed by atoms with Crippen molar-refractivity contribution in [3.8, 4) is 0 Å². The van der Waals surface area contributed by atoms with Gasteiger partial charge in [0.1, 0.15) is 0 Å². The van der Waals surface area contributed by atoms with Crippen LogP contribution in [0.4, 0.5) is 0 Å². The molecule has 1 aromatic heterocycles. The minimum atomic E-state index is 0.222. The van der Waals surface area contributed by atoms with E-state index in [0.29, 0.717) is 5.92 Å². The van der Waals surface area contributed by atoms with Gasteiger partial charge in [0, 0.05) is 13.3 Å². The molecule has 3 nitrogen and oxygen atoms in total. The molecule has 1 rings (SSSR count). The van der Waals surface area contributed by atoms with Gasteiger partial charge in [-0.15, -0.1) is 0 Å². The zero-order valence-corrected chi connectivity index (χ0v) is 8.82. The van der Waals surface area contributed by atoms with Crippen molar-refractivity contribution in [2.75, 3.05) is 7.11 Å². The lowest BCUT2D eigenvalue weighted by molar-refractivity contribution is 0.0998. The van der Waals surface area contributed by atoms with Crippen molar-refractivity contribution in [2.24, 2.45) is 0 Å². The summed E-state index contributed by atoms with van der Waals surface area (Å²) in [5.41, 5.74) is 1.28. The molecule has 0 fully saturated rings. The van der Waals surface area contributed by atoms with Crippen LogP contribution in [0.3, 0.4) is 0 Å². The number of hydrogen-bond donors (Lipinski definition) is 0. The van der Waals surface area contributed by atoms with Gasteiger partial charge in [-0.1, -0.05) is 13.8 Å². The molecule has 3 heteroatoms. The Balaban J connectivity index is 2.58. The van der Waals surface area contributed by atoms with E-state index < -0.39 is 0 Å². The van der Waals surface area contributed by atoms with Gasteiger partial charge in [0.15, 0.2) is 0 Å². The summed E-state index contributed by atoms with van der Waals surface area (Å²) in [6, 6.07) is 0. The highest BCUT2D eigenvalue weighted by Crippen LogP contribution is 2.12. The summed E-state index contributed by atoms with van der Waals surface area (Å²) < 4.78 is 7.10. The van der Waals surface area contributed by atoms with E-state index in [2.05, 4.69) is 25.1 Å². The molecule has 0 unspecified atom stereocenters. The third-order valence-corrected chi connectivity index (χ3v) is 2.17. The van der Waals surface area contributed by atoms with E-state index in [0.717, 1.165) is 6.54 Å². The molecule has 0 amide bonds. The van der Waals surface area contributed by atoms with E-state index in [9.17, 15) is 0 Å². The Morgan fingerprint density at radius 2 is 2.15 bits per heavy atom. The first-order chi connectivity index (χ1) is 6.13. The normalized spacial score (nSPS) is 13.6. The van der Waals surface area contributed by atoms with E-state index in [1.54, 1.807) is 7.11 Å². The number of rotatable bonds is 4. The van der Waals surface area contributed by atoms with Crippen LogP contribution in [0.2, 0.25) is 0 Å². The van der Waals surface area contributed by atoms with Crippen molar-refractivity contribution in [2.45, 2.75) is 39.3 Å². The fraction of sp³-hybridized carbons (Fsp3) is 0.700. The van der Waals surface area contributed by atoms with Gasteiger partial charge in [0.2, 0.25) is 0 Å². The van der Waals surface area contributed by atoms with E-state index in [1.165, 1.54) is 5.56 Å². The first-order valence-electron chi connectivity index (χ1n) is 4.68. The van der Waals surface area contributed by atoms with Gasteiger partial charge in [0.05, 0.1) is 18.8 Å². The van der Waals surface area contributed by atoms with Gasteiger partial charge >= 0.3 is 0 Å². The Kier molecular flexibility index (Phi) is 3.48. The maximum atomic E-state index is 5.16. The molecule has 74 valence electrons. The van der Waals surface area contributed by atoms with Crippen LogP contribution in [0.15, 0.2) is 12.4 Å². The molecule has 1 aromatic rings. The molecule has 0 aromatic carbocycles. The second-order valence-corrected chi connectivity index (χ2v) is 3.70. The molecule has 0 saturated heterocycles. The molecule has 13 heavy (non-hydrogen) atoms. The average molecular weight is 182 g/mol. The van der Waals surface area contributed by atoms with Gasteiger partial charge in [-0.05, 0) is 18.4 Å². The summed E-state index contributed by atoms with van der Waals surface area (Å²) in [5, 5.41) is 4.26. The van der Waals surface area contributed by atoms with E-state index >= 15 is 0 Å². The summed E-state index contributed by atoms with van der Waals surface area (Å²) >= 11 is 0. The largest absolute Gasteiger partial charge is 0.380 e. The van der Waals surface area contributed by atoms with Crippen molar-refractivity contribution >= 4 is 0 Å². The average Bonchev–Trinajstić information content (AvgIpc) is 2.52. The van der Waals surface area contributed by atoms with Crippen molar-refractivity contribution < 1.29 is 4.74 Å². The van der Waals surface area contributed by atoms with Crippen LogP contribution < -0.4 is 0 Å². The van der Waals surface area contributed by atoms with Crippen molar-refractivity contribution in [3.63, 3.8) is 0 Å². The highest BCUT2D eigenvalue weighted by molar-refractivity contribution is 5.08. The quantitative estimate of drug-likeness (QED) is 0.712. The molecule has 0 spiro atoms. The fourth-order valence-electron chi connectivity index (χ4n) is 1.12. The summed E-state index contributed by atoms with van der Waals surface area (Å²) in [6.07, 6.45) is 4.23. The van der Waals surface area contributed by atoms with Crippen LogP contribution in [-0.4, -0.2) is 23.0 Å². The second-order valence-electron chi connectivity index (χ2n) is 3.70. The van der Waals surface area contributed by atoms with Gasteiger partial charge in [-0.3, -0.25) is 4.68 Å². The highest BCUT2D eigenvalue weighted by atomic mass is 16.5. The third-order valence-electron chi connectivity index (χ3n) is 2.17. The number of aromatic nitrogens is 2. The minimum Gasteiger partial charge on any atom is -0.380 e. The van der Waals surface area contributed by atoms with E-state index in [4.69, 9.17) is 4.74 Å². The minimum absolute atomic E-state index is 0.222. The Morgan fingerprint density at radius 3 is 2.62 bits per heavy atom. The van der Waals surface area contributed by atoms with Crippen LogP contribution in [-0.2, 0) is 11.3 Å². The van der Waals surface area contributed by atoms with Gasteiger partial charge < -0.3 is 4.74 Å². The first kappa shape index (κ1) is 10.3. The van der Waals surface area contributed by atoms with E-state index in [-0.39, 0.29) is 6.10 Å². The molecule has 0 saturated carbocycles. The molecular weight excluding hydrogens is 164 g/mol. The predicted molar refractivity (Wildman–Crippen MR) is 52.8 cm³/mol. The number of nitrogens with zero attached hydrogens (tertiary/aromatic N) is 2. The Labute approximate surface area is 79.7 Å². The SMILES string of the molecule is CO[C@@H](C)Cn1cc(C(C)C)cn1. The Bertz CT molecular complexity index is 255. The van der Waals surface area contributed by atoms with Crippen molar-refractivity contribution in [1.82, 2.24) is 9.78 Å². The third kappa shape index (κ3) is 2.84. The zero-order valence-electron chi connectivity index (χ0n) is 8.82. The molecule has 0 aliphatic carbocycles. The molecule has 1 atom stereocenters. The molecule has 0 bridgehead atoms. The number of ether oxygens (including phenoxy) is 1. The van der Waals surface area contributed by atoms with Crippen molar-refractivity contribution in [3.05, 3.63) is 18.0 Å². The van der Waals surface area contributed by atoms with Gasteiger partial charge in [-0.25, -0.2) is 0 Å². The maximum Gasteiger partial charge on any atom is 0.0739 e. The Hall–Kier alpha value is -0.830. The van der Waals surface area contributed by atoms with Crippen molar-refractivity contribution in [1.29, 1.82) is 0 Å². The first-order valence-corrected chi connectivity index (χ1v) is 4.68. The monoisotopic (exact) mass is 182 g/mol. The molecule has 0 N–H and O–H groups in total. The lowest BCUT2D eigenvalue weighted by Crippen LogP contribution is -2.14. The summed E-state index contributed by atoms with van der Waals surface area (Å²) in [4.78, 5) is 0. The van der Waals surface area contributed by atoms with Gasteiger partial charge in [0.25, 0.3) is 0 Å². The molecule has 0 radical (unpaired) electrons. The van der Waals surface area contributed by atoms with Crippen LogP contribution in [0.5, 0.6) is 0 Å². The lowest BCUT2D eigenvalue weighted by Gasteiger charge is -2.08. The topological polar surface area (TPSA) is 27.1 Å². The van der Waals surface area contributed by atoms with Crippen LogP contribution >= 0.6 is 0 Å². The zero-order chi connectivity index (χ0) is 9.84. The highest BCUT2D eigenvalue weighted by Gasteiger charge is 2.05. The van der Waals surface area contributed by atoms with Crippen LogP contribution in [0.25, 0.3) is 0 Å². The molecule has 0 aliphatic rings. The summed E-state index contributed by atoms with van der Waals surface area (Å²) in [6.45, 7) is 7.20. The number of methoxy groups -OCH3 is 1. The smallest absolute Gasteiger partial charge is 0.0739 e. The van der Waals surface area contributed by atoms with Crippen LogP contribution in [0.1, 0.15) is 32.3 Å². The predicted octanol–water partition coefficient (Wildman–Crippen LogP) is 2.04. The fourth-order valence-corrected chi connectivity index (χ4v) is 1.12. The number of hydrogen-bond acceptors (Lipinski definition) is 2. The standard InChI is InChI=1S/C10H18N2O/c1-8(2)10-5-11-12(7-10)6-9(3)13-4/h5,7-9H,6H2,1-4H3/t9-/m0/s1. The maximum absolute atomic E-state index is 5.16. The van der Waals surface area contributed by atoms with Crippen LogP contribution in [0, 0.1) is 0 Å². The second kappa shape index (κ2) is 4.42. The van der Waals surface area contributed by atoms with Gasteiger partial charge in [-0.2, -0.15) is 5.10 Å². The molecule has 1 heterocycles. The summed E-state index contributed by atoms with van der Waals surface area (Å²) in [7, 11) is 1.72. The summed E-state index contributed by atoms with van der Waals surface area (Å²) in [5.74, 6) is 0.548. The lowest BCUT2D eigenvalue weighted by atomic mass is 10.1.